The second kappa shape index (κ2) is 11.7. The van der Waals surface area contributed by atoms with E-state index in [1.807, 2.05) is 24.3 Å². The molecule has 1 aliphatic rings. The van der Waals surface area contributed by atoms with Crippen LogP contribution in [0.15, 0.2) is 170 Å². The van der Waals surface area contributed by atoms with Gasteiger partial charge in [-0.25, -0.2) is 15.0 Å². The Kier molecular flexibility index (Phi) is 6.80. The average molecular weight is 667 g/mol. The Morgan fingerprint density at radius 3 is 1.77 bits per heavy atom. The van der Waals surface area contributed by atoms with Crippen LogP contribution in [-0.2, 0) is 5.41 Å². The summed E-state index contributed by atoms with van der Waals surface area (Å²) in [7, 11) is 0. The van der Waals surface area contributed by atoms with Gasteiger partial charge >= 0.3 is 0 Å². The monoisotopic (exact) mass is 666 g/mol. The summed E-state index contributed by atoms with van der Waals surface area (Å²) in [6.07, 6.45) is 0. The molecule has 0 saturated carbocycles. The third-order valence-electron chi connectivity index (χ3n) is 10.6. The Labute approximate surface area is 302 Å². The highest BCUT2D eigenvalue weighted by Gasteiger charge is 2.37. The number of aromatic nitrogens is 4. The van der Waals surface area contributed by atoms with Crippen molar-refractivity contribution in [3.05, 3.63) is 181 Å². The van der Waals surface area contributed by atoms with Crippen LogP contribution in [0.25, 0.3) is 83.9 Å². The summed E-state index contributed by atoms with van der Waals surface area (Å²) in [6.45, 7) is 4.69. The molecule has 52 heavy (non-hydrogen) atoms. The molecule has 0 amide bonds. The first-order chi connectivity index (χ1) is 25.5. The molecule has 0 unspecified atom stereocenters. The van der Waals surface area contributed by atoms with Crippen molar-refractivity contribution in [3.8, 4) is 62.1 Å². The van der Waals surface area contributed by atoms with Crippen LogP contribution in [0.5, 0.6) is 0 Å². The fraction of sp³-hybridized carbons (Fsp3) is 0.0625. The molecule has 0 fully saturated rings. The highest BCUT2D eigenvalue weighted by molar-refractivity contribution is 6.17. The summed E-state index contributed by atoms with van der Waals surface area (Å²) in [6, 6.07) is 59.9. The molecule has 4 heteroatoms. The summed E-state index contributed by atoms with van der Waals surface area (Å²) in [5.74, 6) is 1.92. The van der Waals surface area contributed by atoms with E-state index in [0.29, 0.717) is 17.5 Å². The van der Waals surface area contributed by atoms with Gasteiger partial charge in [0.05, 0.1) is 11.0 Å². The highest BCUT2D eigenvalue weighted by atomic mass is 15.0. The fourth-order valence-corrected chi connectivity index (χ4v) is 8.13. The Morgan fingerprint density at radius 1 is 0.423 bits per heavy atom. The van der Waals surface area contributed by atoms with Gasteiger partial charge in [0.2, 0.25) is 0 Å². The maximum atomic E-state index is 5.14. The van der Waals surface area contributed by atoms with Crippen LogP contribution in [0.2, 0.25) is 0 Å². The largest absolute Gasteiger partial charge is 0.309 e. The lowest BCUT2D eigenvalue weighted by Gasteiger charge is -2.21. The minimum Gasteiger partial charge on any atom is -0.309 e. The lowest BCUT2D eigenvalue weighted by molar-refractivity contribution is 0.661. The van der Waals surface area contributed by atoms with Gasteiger partial charge in [-0.1, -0.05) is 153 Å². The Balaban J connectivity index is 1.17. The summed E-state index contributed by atoms with van der Waals surface area (Å²) in [4.78, 5) is 15.2. The topological polar surface area (TPSA) is 43.6 Å². The Morgan fingerprint density at radius 2 is 1.00 bits per heavy atom. The standard InChI is InChI=1S/C48H34N4/c1-48(2)39-25-11-9-23-37(39)43-40(48)27-28-42-44(43)38-24-10-12-26-41(38)52(42)36-22-14-21-35(30-36)47-50-45(32-17-7-4-8-18-32)49-46(51-47)34-20-13-19-33(29-34)31-15-5-3-6-16-31/h3-30H,1-2H3. The normalized spacial score (nSPS) is 13.0. The zero-order valence-electron chi connectivity index (χ0n) is 29.0. The van der Waals surface area contributed by atoms with Gasteiger partial charge in [0.25, 0.3) is 0 Å². The molecule has 0 aliphatic heterocycles. The molecule has 9 aromatic rings. The Bertz CT molecular complexity index is 2810. The average Bonchev–Trinajstić information content (AvgIpc) is 3.67. The van der Waals surface area contributed by atoms with Gasteiger partial charge in [-0.3, -0.25) is 0 Å². The van der Waals surface area contributed by atoms with E-state index < -0.39 is 0 Å². The minimum atomic E-state index is -0.0727. The van der Waals surface area contributed by atoms with Crippen molar-refractivity contribution in [3.63, 3.8) is 0 Å². The molecule has 2 heterocycles. The first-order valence-electron chi connectivity index (χ1n) is 17.8. The maximum absolute atomic E-state index is 5.14. The second-order valence-electron chi connectivity index (χ2n) is 14.1. The quantitative estimate of drug-likeness (QED) is 0.184. The predicted octanol–water partition coefficient (Wildman–Crippen LogP) is 11.9. The lowest BCUT2D eigenvalue weighted by atomic mass is 9.82. The van der Waals surface area contributed by atoms with Crippen molar-refractivity contribution in [1.29, 1.82) is 0 Å². The molecule has 0 spiro atoms. The minimum absolute atomic E-state index is 0.0727. The molecule has 7 aromatic carbocycles. The van der Waals surface area contributed by atoms with E-state index in [0.717, 1.165) is 33.5 Å². The van der Waals surface area contributed by atoms with Gasteiger partial charge in [-0.05, 0) is 63.7 Å². The number of nitrogens with zero attached hydrogens (tertiary/aromatic N) is 4. The third kappa shape index (κ3) is 4.72. The van der Waals surface area contributed by atoms with Crippen molar-refractivity contribution in [2.45, 2.75) is 19.3 Å². The van der Waals surface area contributed by atoms with Gasteiger partial charge in [-0.2, -0.15) is 0 Å². The maximum Gasteiger partial charge on any atom is 0.164 e. The SMILES string of the molecule is CC1(C)c2ccccc2-c2c1ccc1c2c2ccccc2n1-c1cccc(-c2nc(-c3ccccc3)nc(-c3cccc(-c4ccccc4)c3)n2)c1. The van der Waals surface area contributed by atoms with Gasteiger partial charge in [0, 0.05) is 38.6 Å². The predicted molar refractivity (Wildman–Crippen MR) is 213 cm³/mol. The van der Waals surface area contributed by atoms with Crippen molar-refractivity contribution < 1.29 is 0 Å². The molecule has 10 rings (SSSR count). The molecule has 0 bridgehead atoms. The number of rotatable bonds is 5. The van der Waals surface area contributed by atoms with Crippen LogP contribution in [0.3, 0.4) is 0 Å². The first kappa shape index (κ1) is 30.2. The van der Waals surface area contributed by atoms with Crippen LogP contribution >= 0.6 is 0 Å². The number of benzene rings is 7. The van der Waals surface area contributed by atoms with Gasteiger partial charge in [-0.15, -0.1) is 0 Å². The number of fused-ring (bicyclic) bond motifs is 7. The van der Waals surface area contributed by atoms with E-state index in [4.69, 9.17) is 15.0 Å². The van der Waals surface area contributed by atoms with Crippen LogP contribution in [0.4, 0.5) is 0 Å². The van der Waals surface area contributed by atoms with E-state index in [9.17, 15) is 0 Å². The molecule has 246 valence electrons. The van der Waals surface area contributed by atoms with E-state index in [1.165, 1.54) is 44.1 Å². The molecular weight excluding hydrogens is 633 g/mol. The first-order valence-corrected chi connectivity index (χ1v) is 17.8. The smallest absolute Gasteiger partial charge is 0.164 e. The number of hydrogen-bond acceptors (Lipinski definition) is 3. The summed E-state index contributed by atoms with van der Waals surface area (Å²) < 4.78 is 2.39. The molecule has 4 nitrogen and oxygen atoms in total. The van der Waals surface area contributed by atoms with Crippen LogP contribution in [-0.4, -0.2) is 19.5 Å². The van der Waals surface area contributed by atoms with Crippen LogP contribution in [0, 0.1) is 0 Å². The molecule has 0 radical (unpaired) electrons. The Hall–Kier alpha value is -6.65. The molecule has 0 atom stereocenters. The highest BCUT2D eigenvalue weighted by Crippen LogP contribution is 2.53. The zero-order valence-corrected chi connectivity index (χ0v) is 29.0. The second-order valence-corrected chi connectivity index (χ2v) is 14.1. The lowest BCUT2D eigenvalue weighted by Crippen LogP contribution is -2.14. The molecular formula is C48H34N4. The summed E-state index contributed by atoms with van der Waals surface area (Å²) >= 11 is 0. The van der Waals surface area contributed by atoms with Crippen molar-refractivity contribution in [1.82, 2.24) is 19.5 Å². The van der Waals surface area contributed by atoms with Gasteiger partial charge in [0.1, 0.15) is 0 Å². The zero-order chi connectivity index (χ0) is 34.8. The van der Waals surface area contributed by atoms with Crippen molar-refractivity contribution in [2.24, 2.45) is 0 Å². The number of para-hydroxylation sites is 1. The van der Waals surface area contributed by atoms with E-state index >= 15 is 0 Å². The molecule has 0 N–H and O–H groups in total. The van der Waals surface area contributed by atoms with E-state index in [2.05, 4.69) is 164 Å². The van der Waals surface area contributed by atoms with Crippen molar-refractivity contribution >= 4 is 21.8 Å². The molecule has 0 saturated heterocycles. The summed E-state index contributed by atoms with van der Waals surface area (Å²) in [5, 5.41) is 2.54. The molecule has 2 aromatic heterocycles. The van der Waals surface area contributed by atoms with Gasteiger partial charge in [0.15, 0.2) is 17.5 Å². The fourth-order valence-electron chi connectivity index (χ4n) is 8.13. The van der Waals surface area contributed by atoms with Gasteiger partial charge < -0.3 is 4.57 Å². The van der Waals surface area contributed by atoms with E-state index in [1.54, 1.807) is 0 Å². The third-order valence-corrected chi connectivity index (χ3v) is 10.6. The van der Waals surface area contributed by atoms with Crippen LogP contribution < -0.4 is 0 Å². The molecule has 1 aliphatic carbocycles. The number of hydrogen-bond donors (Lipinski definition) is 0. The van der Waals surface area contributed by atoms with Crippen molar-refractivity contribution in [2.75, 3.05) is 0 Å². The van der Waals surface area contributed by atoms with Crippen LogP contribution in [0.1, 0.15) is 25.0 Å². The summed E-state index contributed by atoms with van der Waals surface area (Å²) in [5.41, 5.74) is 13.9. The van der Waals surface area contributed by atoms with E-state index in [-0.39, 0.29) is 5.41 Å².